The van der Waals surface area contributed by atoms with Gasteiger partial charge in [-0.25, -0.2) is 4.79 Å². The van der Waals surface area contributed by atoms with Crippen molar-refractivity contribution < 1.29 is 24.0 Å². The Morgan fingerprint density at radius 1 is 1.48 bits per heavy atom. The smallest absolute Gasteiger partial charge is 0.328 e. The van der Waals surface area contributed by atoms with E-state index in [4.69, 9.17) is 14.4 Å². The number of nitrogens with zero attached hydrogens (tertiary/aromatic N) is 3. The van der Waals surface area contributed by atoms with E-state index < -0.39 is 12.0 Å². The molecule has 9 heteroatoms. The summed E-state index contributed by atoms with van der Waals surface area (Å²) in [5.74, 6) is -0.463. The first kappa shape index (κ1) is 15.6. The summed E-state index contributed by atoms with van der Waals surface area (Å²) in [6.45, 7) is 0.641. The highest BCUT2D eigenvalue weighted by Gasteiger charge is 2.32. The van der Waals surface area contributed by atoms with Crippen LogP contribution in [-0.4, -0.2) is 57.8 Å². The topological polar surface area (TPSA) is 106 Å². The third kappa shape index (κ3) is 3.57. The van der Waals surface area contributed by atoms with Gasteiger partial charge in [0, 0.05) is 30.3 Å². The fourth-order valence-corrected chi connectivity index (χ4v) is 2.96. The van der Waals surface area contributed by atoms with Gasteiger partial charge in [0.25, 0.3) is 0 Å². The molecule has 8 nitrogen and oxygen atoms in total. The van der Waals surface area contributed by atoms with Crippen LogP contribution in [0.4, 0.5) is 0 Å². The van der Waals surface area contributed by atoms with E-state index in [0.717, 1.165) is 5.56 Å². The highest BCUT2D eigenvalue weighted by atomic mass is 32.1. The van der Waals surface area contributed by atoms with Gasteiger partial charge in [0.1, 0.15) is 0 Å². The second kappa shape index (κ2) is 6.88. The van der Waals surface area contributed by atoms with Crippen LogP contribution in [0.15, 0.2) is 21.3 Å². The highest BCUT2D eigenvalue weighted by molar-refractivity contribution is 7.08. The Morgan fingerprint density at radius 2 is 2.35 bits per heavy atom. The van der Waals surface area contributed by atoms with Crippen LogP contribution in [0.1, 0.15) is 12.3 Å². The lowest BCUT2D eigenvalue weighted by atomic mass is 10.2. The minimum Gasteiger partial charge on any atom is -0.480 e. The van der Waals surface area contributed by atoms with E-state index in [9.17, 15) is 9.59 Å². The van der Waals surface area contributed by atoms with Crippen molar-refractivity contribution in [2.75, 3.05) is 19.8 Å². The monoisotopic (exact) mass is 337 g/mol. The third-order valence-corrected chi connectivity index (χ3v) is 4.22. The van der Waals surface area contributed by atoms with Gasteiger partial charge in [-0.15, -0.1) is 0 Å². The number of amides is 1. The lowest BCUT2D eigenvalue weighted by Crippen LogP contribution is -2.52. The first-order chi connectivity index (χ1) is 11.1. The number of ether oxygens (including phenoxy) is 1. The Morgan fingerprint density at radius 3 is 3.09 bits per heavy atom. The average molecular weight is 337 g/mol. The van der Waals surface area contributed by atoms with Gasteiger partial charge < -0.3 is 19.3 Å². The number of hydrogen-bond donors (Lipinski definition) is 1. The van der Waals surface area contributed by atoms with Gasteiger partial charge in [-0.1, -0.05) is 5.16 Å². The molecule has 0 unspecified atom stereocenters. The van der Waals surface area contributed by atoms with E-state index in [0.29, 0.717) is 18.3 Å². The molecule has 0 radical (unpaired) electrons. The number of carbonyl (C=O) groups is 2. The average Bonchev–Trinajstić information content (AvgIpc) is 3.23. The molecule has 1 fully saturated rings. The summed E-state index contributed by atoms with van der Waals surface area (Å²) in [4.78, 5) is 29.0. The molecule has 1 aliphatic rings. The predicted octanol–water partition coefficient (Wildman–Crippen LogP) is 1.04. The molecule has 3 rings (SSSR count). The molecule has 0 aliphatic carbocycles. The normalized spacial score (nSPS) is 18.1. The zero-order valence-corrected chi connectivity index (χ0v) is 13.0. The van der Waals surface area contributed by atoms with E-state index >= 15 is 0 Å². The lowest BCUT2D eigenvalue weighted by Gasteiger charge is -2.32. The van der Waals surface area contributed by atoms with E-state index in [1.807, 2.05) is 16.8 Å². The molecule has 1 amide bonds. The molecular formula is C14H15N3O5S. The van der Waals surface area contributed by atoms with E-state index in [-0.39, 0.29) is 31.9 Å². The highest BCUT2D eigenvalue weighted by Crippen LogP contribution is 2.19. The van der Waals surface area contributed by atoms with E-state index in [1.54, 1.807) is 0 Å². The number of hydrogen-bond acceptors (Lipinski definition) is 7. The van der Waals surface area contributed by atoms with Crippen LogP contribution in [-0.2, 0) is 20.7 Å². The lowest BCUT2D eigenvalue weighted by molar-refractivity contribution is -0.158. The summed E-state index contributed by atoms with van der Waals surface area (Å²) < 4.78 is 10.2. The molecule has 3 heterocycles. The number of aryl methyl sites for hydroxylation is 1. The number of aliphatic carboxylic acids is 1. The van der Waals surface area contributed by atoms with Crippen LogP contribution < -0.4 is 0 Å². The summed E-state index contributed by atoms with van der Waals surface area (Å²) in [7, 11) is 0. The SMILES string of the molecule is O=C(O)[C@H]1COCCN1C(=O)CCc1nc(-c2ccsc2)no1. The zero-order valence-electron chi connectivity index (χ0n) is 12.2. The second-order valence-electron chi connectivity index (χ2n) is 5.04. The Kier molecular flexibility index (Phi) is 4.68. The summed E-state index contributed by atoms with van der Waals surface area (Å²) in [6.07, 6.45) is 0.398. The second-order valence-corrected chi connectivity index (χ2v) is 5.82. The van der Waals surface area contributed by atoms with Crippen LogP contribution in [0.3, 0.4) is 0 Å². The van der Waals surface area contributed by atoms with Crippen molar-refractivity contribution in [1.82, 2.24) is 15.0 Å². The van der Waals surface area contributed by atoms with Crippen molar-refractivity contribution in [3.8, 4) is 11.4 Å². The minimum atomic E-state index is -1.06. The molecule has 122 valence electrons. The summed E-state index contributed by atoms with van der Waals surface area (Å²) >= 11 is 1.53. The Labute approximate surface area is 135 Å². The maximum absolute atomic E-state index is 12.2. The molecule has 0 bridgehead atoms. The van der Waals surface area contributed by atoms with E-state index in [2.05, 4.69) is 10.1 Å². The number of carboxylic acid groups (broad SMARTS) is 1. The molecule has 0 saturated carbocycles. The Balaban J connectivity index is 1.59. The van der Waals surface area contributed by atoms with Crippen LogP contribution in [0.25, 0.3) is 11.4 Å². The van der Waals surface area contributed by atoms with Crippen LogP contribution >= 0.6 is 11.3 Å². The molecule has 1 atom stereocenters. The number of carbonyl (C=O) groups excluding carboxylic acids is 1. The molecule has 23 heavy (non-hydrogen) atoms. The number of morpholine rings is 1. The number of aromatic nitrogens is 2. The van der Waals surface area contributed by atoms with E-state index in [1.165, 1.54) is 16.2 Å². The van der Waals surface area contributed by atoms with Gasteiger partial charge in [0.05, 0.1) is 13.2 Å². The van der Waals surface area contributed by atoms with Crippen LogP contribution in [0, 0.1) is 0 Å². The molecule has 2 aromatic rings. The molecular weight excluding hydrogens is 322 g/mol. The van der Waals surface area contributed by atoms with Crippen molar-refractivity contribution in [2.45, 2.75) is 18.9 Å². The fourth-order valence-electron chi connectivity index (χ4n) is 2.33. The van der Waals surface area contributed by atoms with Gasteiger partial charge in [-0.2, -0.15) is 16.3 Å². The first-order valence-electron chi connectivity index (χ1n) is 7.10. The van der Waals surface area contributed by atoms with Crippen molar-refractivity contribution in [1.29, 1.82) is 0 Å². The summed E-state index contributed by atoms with van der Waals surface area (Å²) in [5, 5.41) is 16.8. The van der Waals surface area contributed by atoms with Gasteiger partial charge in [-0.3, -0.25) is 4.79 Å². The zero-order chi connectivity index (χ0) is 16.2. The summed E-state index contributed by atoms with van der Waals surface area (Å²) in [5.41, 5.74) is 0.871. The maximum atomic E-state index is 12.2. The number of rotatable bonds is 5. The standard InChI is InChI=1S/C14H15N3O5S/c18-12(17-4-5-21-7-10(17)14(19)20)2-1-11-15-13(16-22-11)9-3-6-23-8-9/h3,6,8,10H,1-2,4-5,7H2,(H,19,20)/t10-/m1/s1. The fraction of sp³-hybridized carbons (Fsp3) is 0.429. The molecule has 0 spiro atoms. The molecule has 1 N–H and O–H groups in total. The van der Waals surface area contributed by atoms with Crippen LogP contribution in [0.2, 0.25) is 0 Å². The number of carboxylic acids is 1. The van der Waals surface area contributed by atoms with Gasteiger partial charge in [0.15, 0.2) is 6.04 Å². The third-order valence-electron chi connectivity index (χ3n) is 3.53. The minimum absolute atomic E-state index is 0.0178. The largest absolute Gasteiger partial charge is 0.480 e. The van der Waals surface area contributed by atoms with Crippen molar-refractivity contribution >= 4 is 23.2 Å². The van der Waals surface area contributed by atoms with Gasteiger partial charge in [-0.05, 0) is 11.4 Å². The first-order valence-corrected chi connectivity index (χ1v) is 8.04. The maximum Gasteiger partial charge on any atom is 0.328 e. The molecule has 1 saturated heterocycles. The van der Waals surface area contributed by atoms with Gasteiger partial charge in [0.2, 0.25) is 17.6 Å². The Hall–Kier alpha value is -2.26. The predicted molar refractivity (Wildman–Crippen MR) is 79.9 cm³/mol. The molecule has 1 aliphatic heterocycles. The van der Waals surface area contributed by atoms with Crippen molar-refractivity contribution in [3.05, 3.63) is 22.7 Å². The molecule has 0 aromatic carbocycles. The number of thiophene rings is 1. The van der Waals surface area contributed by atoms with Gasteiger partial charge >= 0.3 is 5.97 Å². The van der Waals surface area contributed by atoms with Crippen molar-refractivity contribution in [2.24, 2.45) is 0 Å². The van der Waals surface area contributed by atoms with Crippen molar-refractivity contribution in [3.63, 3.8) is 0 Å². The Bertz CT molecular complexity index is 684. The molecule has 2 aromatic heterocycles. The van der Waals surface area contributed by atoms with Crippen LogP contribution in [0.5, 0.6) is 0 Å². The summed E-state index contributed by atoms with van der Waals surface area (Å²) in [6, 6.07) is 0.954. The quantitative estimate of drug-likeness (QED) is 0.869.